The third-order valence-electron chi connectivity index (χ3n) is 2.20. The Morgan fingerprint density at radius 1 is 1.28 bits per heavy atom. The summed E-state index contributed by atoms with van der Waals surface area (Å²) in [4.78, 5) is 21.7. The molecule has 0 saturated carbocycles. The molecule has 0 bridgehead atoms. The Labute approximate surface area is 105 Å². The molecule has 1 aromatic carbocycles. The van der Waals surface area contributed by atoms with E-state index in [1.165, 1.54) is 0 Å². The Hall–Kier alpha value is -1.92. The van der Waals surface area contributed by atoms with Crippen molar-refractivity contribution in [2.75, 3.05) is 0 Å². The van der Waals surface area contributed by atoms with Gasteiger partial charge in [-0.3, -0.25) is 9.59 Å². The van der Waals surface area contributed by atoms with Crippen molar-refractivity contribution in [2.45, 2.75) is 25.5 Å². The van der Waals surface area contributed by atoms with Crippen molar-refractivity contribution in [1.82, 2.24) is 6.15 Å². The molecule has 0 saturated heterocycles. The topological polar surface area (TPSA) is 120 Å². The summed E-state index contributed by atoms with van der Waals surface area (Å²) in [5.41, 5.74) is 6.36. The average molecular weight is 251 g/mol. The quantitative estimate of drug-likeness (QED) is 0.711. The number of ether oxygens (including phenoxy) is 1. The zero-order chi connectivity index (χ0) is 12.7. The monoisotopic (exact) mass is 251 g/mol. The predicted octanol–water partition coefficient (Wildman–Crippen LogP) is 0.441. The number of carbonyl (C=O) groups is 2. The van der Waals surface area contributed by atoms with Crippen LogP contribution in [0.3, 0.4) is 0 Å². The van der Waals surface area contributed by atoms with Gasteiger partial charge in [-0.2, -0.15) is 0 Å². The van der Waals surface area contributed by atoms with Gasteiger partial charge in [0.05, 0.1) is 0 Å². The van der Waals surface area contributed by atoms with E-state index in [0.717, 1.165) is 5.56 Å². The van der Waals surface area contributed by atoms with Gasteiger partial charge in [0.25, 0.3) is 0 Å². The van der Waals surface area contributed by atoms with Crippen LogP contribution in [0, 0.1) is 0 Å². The lowest BCUT2D eigenvalue weighted by Gasteiger charge is -2.10. The van der Waals surface area contributed by atoms with Crippen molar-refractivity contribution >= 4 is 11.9 Å². The minimum atomic E-state index is -0.976. The maximum atomic E-state index is 11.4. The molecule has 3 radical (unpaired) electrons. The number of aliphatic carboxylic acids is 1. The van der Waals surface area contributed by atoms with Crippen LogP contribution in [0.15, 0.2) is 30.3 Å². The highest BCUT2D eigenvalue weighted by Gasteiger charge is 2.16. The molecule has 0 aromatic heterocycles. The van der Waals surface area contributed by atoms with E-state index in [-0.39, 0.29) is 25.6 Å². The summed E-state index contributed by atoms with van der Waals surface area (Å²) in [6, 6.07) is 8.33. The zero-order valence-electron chi connectivity index (χ0n) is 9.78. The molecule has 0 heterocycles. The summed E-state index contributed by atoms with van der Waals surface area (Å²) >= 11 is 0. The van der Waals surface area contributed by atoms with E-state index in [9.17, 15) is 9.59 Å². The molecule has 1 aromatic rings. The van der Waals surface area contributed by atoms with Gasteiger partial charge in [-0.05, 0) is 12.0 Å². The van der Waals surface area contributed by atoms with Crippen LogP contribution in [-0.2, 0) is 20.9 Å². The van der Waals surface area contributed by atoms with Gasteiger partial charge in [0.15, 0.2) is 0 Å². The van der Waals surface area contributed by atoms with Crippen LogP contribution in [0.25, 0.3) is 0 Å². The molecular formula is C12H15N2O4. The van der Waals surface area contributed by atoms with Gasteiger partial charge in [0, 0.05) is 12.6 Å². The van der Waals surface area contributed by atoms with Crippen molar-refractivity contribution in [3.63, 3.8) is 0 Å². The lowest BCUT2D eigenvalue weighted by molar-refractivity contribution is -0.147. The second-order valence-electron chi connectivity index (χ2n) is 3.63. The van der Waals surface area contributed by atoms with Gasteiger partial charge in [-0.15, -0.1) is 0 Å². The average Bonchev–Trinajstić information content (AvgIpc) is 2.34. The largest absolute Gasteiger partial charge is 0.481 e. The minimum Gasteiger partial charge on any atom is -0.481 e. The molecule has 6 nitrogen and oxygen atoms in total. The number of carbonyl (C=O) groups excluding carboxylic acids is 1. The molecule has 0 fully saturated rings. The van der Waals surface area contributed by atoms with Crippen LogP contribution in [0.4, 0.5) is 0 Å². The highest BCUT2D eigenvalue weighted by molar-refractivity contribution is 5.76. The second kappa shape index (κ2) is 8.21. The maximum absolute atomic E-state index is 11.4. The van der Waals surface area contributed by atoms with Crippen molar-refractivity contribution < 1.29 is 19.4 Å². The van der Waals surface area contributed by atoms with Crippen molar-refractivity contribution in [2.24, 2.45) is 5.73 Å². The number of carboxylic acid groups (broad SMARTS) is 1. The summed E-state index contributed by atoms with van der Waals surface area (Å²) in [5, 5.41) is 8.44. The Kier molecular flexibility index (Phi) is 7.34. The van der Waals surface area contributed by atoms with Crippen molar-refractivity contribution in [3.8, 4) is 0 Å². The van der Waals surface area contributed by atoms with Crippen LogP contribution < -0.4 is 11.9 Å². The normalized spacial score (nSPS) is 11.2. The number of benzene rings is 1. The summed E-state index contributed by atoms with van der Waals surface area (Å²) in [5.74, 6) is -1.55. The highest BCUT2D eigenvalue weighted by atomic mass is 16.5. The molecule has 6 heteroatoms. The van der Waals surface area contributed by atoms with E-state index < -0.39 is 18.0 Å². The summed E-state index contributed by atoms with van der Waals surface area (Å²) < 4.78 is 4.97. The van der Waals surface area contributed by atoms with E-state index in [1.54, 1.807) is 0 Å². The molecule has 0 aliphatic rings. The van der Waals surface area contributed by atoms with E-state index in [1.807, 2.05) is 30.3 Å². The first-order valence-electron chi connectivity index (χ1n) is 5.27. The van der Waals surface area contributed by atoms with Gasteiger partial charge in [-0.1, -0.05) is 30.3 Å². The van der Waals surface area contributed by atoms with Crippen LogP contribution in [-0.4, -0.2) is 23.1 Å². The third-order valence-corrected chi connectivity index (χ3v) is 2.20. The smallest absolute Gasteiger partial charge is 0.323 e. The Bertz CT molecular complexity index is 381. The van der Waals surface area contributed by atoms with Crippen LogP contribution >= 0.6 is 0 Å². The SMILES string of the molecule is N[C@@H](CCC(=O)O)C(=O)OCc1ccccc1.[N]. The van der Waals surface area contributed by atoms with E-state index in [2.05, 4.69) is 0 Å². The lowest BCUT2D eigenvalue weighted by Crippen LogP contribution is -2.32. The summed E-state index contributed by atoms with van der Waals surface area (Å²) in [6.07, 6.45) is -0.0510. The minimum absolute atomic E-state index is 0. The first-order valence-corrected chi connectivity index (χ1v) is 5.27. The van der Waals surface area contributed by atoms with Crippen LogP contribution in [0.5, 0.6) is 0 Å². The molecule has 97 valence electrons. The number of nitrogens with two attached hydrogens (primary N) is 1. The fraction of sp³-hybridized carbons (Fsp3) is 0.333. The van der Waals surface area contributed by atoms with Crippen molar-refractivity contribution in [1.29, 1.82) is 0 Å². The number of nitrogens with zero attached hydrogens (tertiary/aromatic N) is 1. The summed E-state index contributed by atoms with van der Waals surface area (Å²) in [6.45, 7) is 0.153. The first kappa shape index (κ1) is 16.1. The number of hydrogen-bond acceptors (Lipinski definition) is 4. The molecule has 3 N–H and O–H groups in total. The third kappa shape index (κ3) is 5.97. The molecule has 0 aliphatic carbocycles. The number of esters is 1. The van der Waals surface area contributed by atoms with Gasteiger partial charge >= 0.3 is 11.9 Å². The number of rotatable bonds is 6. The highest BCUT2D eigenvalue weighted by Crippen LogP contribution is 2.03. The zero-order valence-corrected chi connectivity index (χ0v) is 9.78. The molecular weight excluding hydrogens is 236 g/mol. The first-order chi connectivity index (χ1) is 8.09. The molecule has 0 spiro atoms. The lowest BCUT2D eigenvalue weighted by atomic mass is 10.2. The standard InChI is InChI=1S/C12H15NO4.N/c13-10(6-7-11(14)15)12(16)17-8-9-4-2-1-3-5-9;/h1-5,10H,6-8,13H2,(H,14,15);/t10-;/m0./s1. The molecule has 1 rings (SSSR count). The molecule has 0 amide bonds. The van der Waals surface area contributed by atoms with E-state index in [0.29, 0.717) is 0 Å². The van der Waals surface area contributed by atoms with E-state index in [4.69, 9.17) is 15.6 Å². The second-order valence-corrected chi connectivity index (χ2v) is 3.63. The Morgan fingerprint density at radius 2 is 1.89 bits per heavy atom. The van der Waals surface area contributed by atoms with Crippen LogP contribution in [0.1, 0.15) is 18.4 Å². The van der Waals surface area contributed by atoms with Gasteiger partial charge in [0.1, 0.15) is 12.6 Å². The molecule has 0 aliphatic heterocycles. The van der Waals surface area contributed by atoms with Gasteiger partial charge in [-0.25, -0.2) is 0 Å². The fourth-order valence-corrected chi connectivity index (χ4v) is 1.23. The van der Waals surface area contributed by atoms with Gasteiger partial charge in [0.2, 0.25) is 0 Å². The van der Waals surface area contributed by atoms with Crippen LogP contribution in [0.2, 0.25) is 0 Å². The van der Waals surface area contributed by atoms with Gasteiger partial charge < -0.3 is 15.6 Å². The predicted molar refractivity (Wildman–Crippen MR) is 63.2 cm³/mol. The molecule has 1 atom stereocenters. The van der Waals surface area contributed by atoms with Crippen molar-refractivity contribution in [3.05, 3.63) is 35.9 Å². The number of carboxylic acids is 1. The van der Waals surface area contributed by atoms with E-state index >= 15 is 0 Å². The Morgan fingerprint density at radius 3 is 2.44 bits per heavy atom. The summed E-state index contributed by atoms with van der Waals surface area (Å²) in [7, 11) is 0. The fourth-order valence-electron chi connectivity index (χ4n) is 1.23. The molecule has 0 unspecified atom stereocenters. The number of hydrogen-bond donors (Lipinski definition) is 2. The Balaban J connectivity index is 0.00000289. The molecule has 18 heavy (non-hydrogen) atoms. The maximum Gasteiger partial charge on any atom is 0.323 e.